The van der Waals surface area contributed by atoms with Gasteiger partial charge in [0.1, 0.15) is 0 Å². The zero-order valence-corrected chi connectivity index (χ0v) is 14.4. The van der Waals surface area contributed by atoms with Crippen molar-refractivity contribution < 1.29 is 4.79 Å². The molecule has 0 aromatic heterocycles. The molecule has 0 radical (unpaired) electrons. The van der Waals surface area contributed by atoms with Crippen LogP contribution in [-0.4, -0.2) is 59.6 Å². The molecule has 2 unspecified atom stereocenters. The zero-order chi connectivity index (χ0) is 15.5. The van der Waals surface area contributed by atoms with Crippen molar-refractivity contribution in [2.24, 2.45) is 0 Å². The van der Waals surface area contributed by atoms with Gasteiger partial charge in [-0.15, -0.1) is 11.8 Å². The lowest BCUT2D eigenvalue weighted by atomic mass is 10.1. The summed E-state index contributed by atoms with van der Waals surface area (Å²) in [6, 6.07) is 8.31. The fourth-order valence-corrected chi connectivity index (χ4v) is 4.34. The van der Waals surface area contributed by atoms with Gasteiger partial charge >= 0.3 is 0 Å². The third kappa shape index (κ3) is 3.43. The number of benzene rings is 1. The number of rotatable bonds is 3. The van der Waals surface area contributed by atoms with Crippen molar-refractivity contribution in [3.63, 3.8) is 0 Å². The quantitative estimate of drug-likeness (QED) is 0.916. The van der Waals surface area contributed by atoms with E-state index in [1.807, 2.05) is 23.1 Å². The number of thioether (sulfide) groups is 1. The number of carbonyl (C=O) groups is 1. The van der Waals surface area contributed by atoms with Gasteiger partial charge in [-0.2, -0.15) is 0 Å². The van der Waals surface area contributed by atoms with Gasteiger partial charge in [-0.05, 0) is 18.6 Å². The van der Waals surface area contributed by atoms with Gasteiger partial charge in [-0.3, -0.25) is 15.0 Å². The third-order valence-corrected chi connectivity index (χ3v) is 5.83. The number of carbonyl (C=O) groups excluding carboxylic acids is 1. The molecule has 1 aromatic rings. The van der Waals surface area contributed by atoms with Crippen molar-refractivity contribution >= 4 is 29.3 Å². The third-order valence-electron chi connectivity index (χ3n) is 4.54. The SMILES string of the molecule is CC(c1ccccc1Cl)N1CCN(C(=O)C2CSCN2)CC1. The minimum Gasteiger partial charge on any atom is -0.339 e. The van der Waals surface area contributed by atoms with Crippen LogP contribution in [0, 0.1) is 0 Å². The van der Waals surface area contributed by atoms with Gasteiger partial charge in [-0.25, -0.2) is 0 Å². The van der Waals surface area contributed by atoms with Crippen LogP contribution in [0.3, 0.4) is 0 Å². The van der Waals surface area contributed by atoms with Crippen LogP contribution < -0.4 is 5.32 Å². The highest BCUT2D eigenvalue weighted by Gasteiger charge is 2.30. The fourth-order valence-electron chi connectivity index (χ4n) is 3.11. The maximum atomic E-state index is 12.4. The molecular weight excluding hydrogens is 318 g/mol. The van der Waals surface area contributed by atoms with Crippen molar-refractivity contribution in [1.82, 2.24) is 15.1 Å². The highest BCUT2D eigenvalue weighted by Crippen LogP contribution is 2.28. The van der Waals surface area contributed by atoms with Crippen LogP contribution in [-0.2, 0) is 4.79 Å². The first-order valence-electron chi connectivity index (χ1n) is 7.75. The van der Waals surface area contributed by atoms with E-state index in [2.05, 4.69) is 23.2 Å². The fraction of sp³-hybridized carbons (Fsp3) is 0.562. The summed E-state index contributed by atoms with van der Waals surface area (Å²) in [6.45, 7) is 5.59. The van der Waals surface area contributed by atoms with Crippen LogP contribution >= 0.6 is 23.4 Å². The van der Waals surface area contributed by atoms with Gasteiger partial charge in [0, 0.05) is 48.9 Å². The maximum absolute atomic E-state index is 12.4. The van der Waals surface area contributed by atoms with Crippen LogP contribution in [0.25, 0.3) is 0 Å². The Morgan fingerprint density at radius 1 is 1.32 bits per heavy atom. The van der Waals surface area contributed by atoms with E-state index in [0.717, 1.165) is 48.4 Å². The Morgan fingerprint density at radius 2 is 2.05 bits per heavy atom. The van der Waals surface area contributed by atoms with Crippen LogP contribution in [0.1, 0.15) is 18.5 Å². The Kier molecular flexibility index (Phi) is 5.29. The summed E-state index contributed by atoms with van der Waals surface area (Å²) >= 11 is 8.10. The Morgan fingerprint density at radius 3 is 2.68 bits per heavy atom. The van der Waals surface area contributed by atoms with Crippen molar-refractivity contribution in [3.05, 3.63) is 34.9 Å². The van der Waals surface area contributed by atoms with Crippen molar-refractivity contribution in [2.45, 2.75) is 19.0 Å². The van der Waals surface area contributed by atoms with Gasteiger partial charge in [0.15, 0.2) is 0 Å². The number of nitrogens with one attached hydrogen (secondary N) is 1. The summed E-state index contributed by atoms with van der Waals surface area (Å²) < 4.78 is 0. The van der Waals surface area contributed by atoms with Crippen LogP contribution in [0.2, 0.25) is 5.02 Å². The molecule has 0 bridgehead atoms. The summed E-state index contributed by atoms with van der Waals surface area (Å²) in [6.07, 6.45) is 0. The molecule has 4 nitrogen and oxygen atoms in total. The highest BCUT2D eigenvalue weighted by atomic mass is 35.5. The van der Waals surface area contributed by atoms with Gasteiger partial charge in [0.05, 0.1) is 6.04 Å². The number of amides is 1. The number of halogens is 1. The maximum Gasteiger partial charge on any atom is 0.240 e. The van der Waals surface area contributed by atoms with Crippen molar-refractivity contribution in [1.29, 1.82) is 0 Å². The molecule has 0 saturated carbocycles. The normalized spacial score (nSPS) is 24.5. The van der Waals surface area contributed by atoms with Crippen molar-refractivity contribution in [2.75, 3.05) is 37.8 Å². The minimum absolute atomic E-state index is 0.0116. The van der Waals surface area contributed by atoms with E-state index in [9.17, 15) is 4.79 Å². The first-order valence-corrected chi connectivity index (χ1v) is 9.28. The molecule has 3 rings (SSSR count). The number of piperazine rings is 1. The summed E-state index contributed by atoms with van der Waals surface area (Å²) in [7, 11) is 0. The van der Waals surface area contributed by atoms with E-state index >= 15 is 0 Å². The average Bonchev–Trinajstić information content (AvgIpc) is 3.09. The summed E-state index contributed by atoms with van der Waals surface area (Å²) in [5, 5.41) is 4.08. The molecule has 2 aliphatic heterocycles. The largest absolute Gasteiger partial charge is 0.339 e. The van der Waals surface area contributed by atoms with Crippen LogP contribution in [0.4, 0.5) is 0 Å². The lowest BCUT2D eigenvalue weighted by molar-refractivity contribution is -0.134. The van der Waals surface area contributed by atoms with E-state index in [1.165, 1.54) is 0 Å². The smallest absolute Gasteiger partial charge is 0.240 e. The number of hydrogen-bond acceptors (Lipinski definition) is 4. The second kappa shape index (κ2) is 7.21. The second-order valence-electron chi connectivity index (χ2n) is 5.83. The van der Waals surface area contributed by atoms with Gasteiger partial charge in [0.2, 0.25) is 5.91 Å². The summed E-state index contributed by atoms with van der Waals surface area (Å²) in [4.78, 5) is 16.8. The molecule has 2 fully saturated rings. The van der Waals surface area contributed by atoms with E-state index in [4.69, 9.17) is 11.6 Å². The molecule has 2 atom stereocenters. The highest BCUT2D eigenvalue weighted by molar-refractivity contribution is 7.99. The Balaban J connectivity index is 1.57. The molecule has 2 heterocycles. The predicted octanol–water partition coefficient (Wildman–Crippen LogP) is 2.21. The van der Waals surface area contributed by atoms with Crippen LogP contribution in [0.5, 0.6) is 0 Å². The standard InChI is InChI=1S/C16H22ClN3OS/c1-12(13-4-2-3-5-14(13)17)19-6-8-20(9-7-19)16(21)15-10-22-11-18-15/h2-5,12,15,18H,6-11H2,1H3. The first kappa shape index (κ1) is 16.1. The van der Waals surface area contributed by atoms with Gasteiger partial charge in [0.25, 0.3) is 0 Å². The molecule has 0 aliphatic carbocycles. The molecule has 2 aliphatic rings. The van der Waals surface area contributed by atoms with Crippen LogP contribution in [0.15, 0.2) is 24.3 Å². The summed E-state index contributed by atoms with van der Waals surface area (Å²) in [5.74, 6) is 2.05. The van der Waals surface area contributed by atoms with E-state index in [-0.39, 0.29) is 18.0 Å². The predicted molar refractivity (Wildman–Crippen MR) is 92.3 cm³/mol. The van der Waals surface area contributed by atoms with Gasteiger partial charge in [-0.1, -0.05) is 29.8 Å². The Labute approximate surface area is 141 Å². The van der Waals surface area contributed by atoms with E-state index in [1.54, 1.807) is 11.8 Å². The zero-order valence-electron chi connectivity index (χ0n) is 12.8. The molecule has 2 saturated heterocycles. The number of nitrogens with zero attached hydrogens (tertiary/aromatic N) is 2. The molecule has 1 N–H and O–H groups in total. The molecule has 22 heavy (non-hydrogen) atoms. The molecule has 6 heteroatoms. The van der Waals surface area contributed by atoms with E-state index in [0.29, 0.717) is 0 Å². The molecular formula is C16H22ClN3OS. The lowest BCUT2D eigenvalue weighted by Gasteiger charge is -2.39. The molecule has 1 amide bonds. The topological polar surface area (TPSA) is 35.6 Å². The molecule has 1 aromatic carbocycles. The summed E-state index contributed by atoms with van der Waals surface area (Å²) in [5.41, 5.74) is 1.16. The van der Waals surface area contributed by atoms with E-state index < -0.39 is 0 Å². The molecule has 0 spiro atoms. The minimum atomic E-state index is 0.0116. The molecule has 120 valence electrons. The number of hydrogen-bond donors (Lipinski definition) is 1. The Bertz CT molecular complexity index is 528. The average molecular weight is 340 g/mol. The van der Waals surface area contributed by atoms with Gasteiger partial charge < -0.3 is 4.90 Å². The first-order chi connectivity index (χ1) is 10.7. The second-order valence-corrected chi connectivity index (χ2v) is 7.27. The monoisotopic (exact) mass is 339 g/mol. The van der Waals surface area contributed by atoms with Crippen molar-refractivity contribution in [3.8, 4) is 0 Å². The lowest BCUT2D eigenvalue weighted by Crippen LogP contribution is -2.53. The Hall–Kier alpha value is -0.750.